The van der Waals surface area contributed by atoms with Gasteiger partial charge in [-0.2, -0.15) is 0 Å². The van der Waals surface area contributed by atoms with E-state index < -0.39 is 0 Å². The van der Waals surface area contributed by atoms with Gasteiger partial charge in [-0.05, 0) is 50.6 Å². The molecule has 2 aliphatic rings. The summed E-state index contributed by atoms with van der Waals surface area (Å²) in [5.41, 5.74) is 1.27. The zero-order chi connectivity index (χ0) is 21.2. The summed E-state index contributed by atoms with van der Waals surface area (Å²) in [6, 6.07) is 9.23. The molecule has 2 unspecified atom stereocenters. The lowest BCUT2D eigenvalue weighted by atomic mass is 10.0. The highest BCUT2D eigenvalue weighted by atomic mass is 16.5. The fraction of sp³-hybridized carbons (Fsp3) is 0.696. The molecule has 0 amide bonds. The number of morpholine rings is 1. The number of likely N-dealkylation sites (tertiary alicyclic amines) is 1. The van der Waals surface area contributed by atoms with E-state index in [1.54, 1.807) is 7.11 Å². The second kappa shape index (κ2) is 12.1. The lowest BCUT2D eigenvalue weighted by molar-refractivity contribution is 0.0179. The number of guanidine groups is 1. The molecular weight excluding hydrogens is 378 g/mol. The molecule has 0 aliphatic carbocycles. The van der Waals surface area contributed by atoms with E-state index in [2.05, 4.69) is 46.4 Å². The van der Waals surface area contributed by atoms with Gasteiger partial charge < -0.3 is 20.1 Å². The molecule has 2 saturated heterocycles. The summed E-state index contributed by atoms with van der Waals surface area (Å²) in [7, 11) is 1.71. The van der Waals surface area contributed by atoms with Gasteiger partial charge in [-0.25, -0.2) is 0 Å². The van der Waals surface area contributed by atoms with Gasteiger partial charge in [0.25, 0.3) is 0 Å². The van der Waals surface area contributed by atoms with Gasteiger partial charge in [0.05, 0.1) is 32.9 Å². The monoisotopic (exact) mass is 417 g/mol. The third-order valence-corrected chi connectivity index (χ3v) is 6.16. The molecule has 2 N–H and O–H groups in total. The molecule has 0 bridgehead atoms. The molecule has 2 heterocycles. The Balaban J connectivity index is 1.68. The highest BCUT2D eigenvalue weighted by Gasteiger charge is 2.24. The van der Waals surface area contributed by atoms with Gasteiger partial charge in [0, 0.05) is 32.2 Å². The third kappa shape index (κ3) is 6.33. The standard InChI is InChI=1S/C23H39N5O2/c1-4-24-23(25-17-20-7-6-12-27(20)5-2)26-18-22(28-13-15-30-16-14-28)19-8-10-21(29-3)11-9-19/h8-11,20,22H,4-7,12-18H2,1-3H3,(H2,24,25,26). The molecule has 2 fully saturated rings. The van der Waals surface area contributed by atoms with E-state index >= 15 is 0 Å². The lowest BCUT2D eigenvalue weighted by Crippen LogP contribution is -2.45. The predicted octanol–water partition coefficient (Wildman–Crippen LogP) is 2.11. The van der Waals surface area contributed by atoms with Crippen LogP contribution in [-0.4, -0.2) is 87.9 Å². The Labute approximate surface area is 181 Å². The normalized spacial score (nSPS) is 22.1. The fourth-order valence-corrected chi connectivity index (χ4v) is 4.42. The molecular formula is C23H39N5O2. The Bertz CT molecular complexity index is 645. The lowest BCUT2D eigenvalue weighted by Gasteiger charge is -2.34. The zero-order valence-electron chi connectivity index (χ0n) is 18.9. The van der Waals surface area contributed by atoms with Crippen molar-refractivity contribution in [1.29, 1.82) is 0 Å². The number of ether oxygens (including phenoxy) is 2. The Kier molecular flexibility index (Phi) is 9.24. The van der Waals surface area contributed by atoms with E-state index in [0.717, 1.165) is 57.6 Å². The van der Waals surface area contributed by atoms with Crippen LogP contribution in [0.5, 0.6) is 5.75 Å². The van der Waals surface area contributed by atoms with Gasteiger partial charge in [0.2, 0.25) is 0 Å². The van der Waals surface area contributed by atoms with Crippen molar-refractivity contribution >= 4 is 5.96 Å². The first-order valence-corrected chi connectivity index (χ1v) is 11.5. The number of benzene rings is 1. The van der Waals surface area contributed by atoms with Gasteiger partial charge in [-0.15, -0.1) is 0 Å². The van der Waals surface area contributed by atoms with E-state index in [1.807, 2.05) is 12.1 Å². The number of methoxy groups -OCH3 is 1. The molecule has 0 spiro atoms. The van der Waals surface area contributed by atoms with Crippen molar-refractivity contribution in [3.8, 4) is 5.75 Å². The van der Waals surface area contributed by atoms with Crippen molar-refractivity contribution in [3.63, 3.8) is 0 Å². The summed E-state index contributed by atoms with van der Waals surface area (Å²) in [6.07, 6.45) is 2.56. The van der Waals surface area contributed by atoms with Crippen LogP contribution in [0.15, 0.2) is 29.3 Å². The van der Waals surface area contributed by atoms with Crippen LogP contribution in [0.25, 0.3) is 0 Å². The Hall–Kier alpha value is -1.83. The number of hydrogen-bond donors (Lipinski definition) is 2. The average Bonchev–Trinajstić information content (AvgIpc) is 3.26. The maximum Gasteiger partial charge on any atom is 0.191 e. The van der Waals surface area contributed by atoms with Crippen LogP contribution in [0.1, 0.15) is 38.3 Å². The van der Waals surface area contributed by atoms with Crippen LogP contribution in [-0.2, 0) is 4.74 Å². The van der Waals surface area contributed by atoms with Gasteiger partial charge >= 0.3 is 0 Å². The highest BCUT2D eigenvalue weighted by molar-refractivity contribution is 5.79. The second-order valence-electron chi connectivity index (χ2n) is 7.96. The molecule has 0 radical (unpaired) electrons. The molecule has 1 aromatic carbocycles. The van der Waals surface area contributed by atoms with Crippen molar-refractivity contribution in [2.24, 2.45) is 4.99 Å². The quantitative estimate of drug-likeness (QED) is 0.474. The van der Waals surface area contributed by atoms with Crippen LogP contribution < -0.4 is 15.4 Å². The van der Waals surface area contributed by atoms with E-state index in [9.17, 15) is 0 Å². The minimum atomic E-state index is 0.230. The summed E-state index contributed by atoms with van der Waals surface area (Å²) in [6.45, 7) is 12.7. The van der Waals surface area contributed by atoms with E-state index in [0.29, 0.717) is 12.6 Å². The first kappa shape index (κ1) is 22.8. The molecule has 2 aliphatic heterocycles. The number of nitrogens with one attached hydrogen (secondary N) is 2. The smallest absolute Gasteiger partial charge is 0.191 e. The van der Waals surface area contributed by atoms with Gasteiger partial charge in [-0.3, -0.25) is 14.8 Å². The number of rotatable bonds is 9. The highest BCUT2D eigenvalue weighted by Crippen LogP contribution is 2.24. The van der Waals surface area contributed by atoms with E-state index in [1.165, 1.54) is 24.9 Å². The molecule has 0 aromatic heterocycles. The molecule has 7 nitrogen and oxygen atoms in total. The van der Waals surface area contributed by atoms with Crippen LogP contribution in [0, 0.1) is 0 Å². The zero-order valence-corrected chi connectivity index (χ0v) is 18.9. The first-order chi connectivity index (χ1) is 14.7. The number of likely N-dealkylation sites (N-methyl/N-ethyl adjacent to an activating group) is 1. The maximum absolute atomic E-state index is 5.58. The van der Waals surface area contributed by atoms with Crippen molar-refractivity contribution in [3.05, 3.63) is 29.8 Å². The molecule has 3 rings (SSSR count). The molecule has 168 valence electrons. The summed E-state index contributed by atoms with van der Waals surface area (Å²) in [4.78, 5) is 10.0. The van der Waals surface area contributed by atoms with Crippen LogP contribution >= 0.6 is 0 Å². The average molecular weight is 418 g/mol. The molecule has 1 aromatic rings. The number of nitrogens with zero attached hydrogens (tertiary/aromatic N) is 3. The van der Waals surface area contributed by atoms with Gasteiger partial charge in [0.15, 0.2) is 5.96 Å². The molecule has 7 heteroatoms. The van der Waals surface area contributed by atoms with Crippen molar-refractivity contribution in [1.82, 2.24) is 20.4 Å². The topological polar surface area (TPSA) is 61.4 Å². The maximum atomic E-state index is 5.58. The molecule has 0 saturated carbocycles. The van der Waals surface area contributed by atoms with E-state index in [4.69, 9.17) is 14.5 Å². The molecule has 2 atom stereocenters. The Morgan fingerprint density at radius 1 is 1.17 bits per heavy atom. The van der Waals surface area contributed by atoms with Crippen molar-refractivity contribution in [2.75, 3.05) is 66.1 Å². The minimum Gasteiger partial charge on any atom is -0.497 e. The number of hydrogen-bond acceptors (Lipinski definition) is 5. The minimum absolute atomic E-state index is 0.230. The van der Waals surface area contributed by atoms with Crippen LogP contribution in [0.3, 0.4) is 0 Å². The fourth-order valence-electron chi connectivity index (χ4n) is 4.42. The largest absolute Gasteiger partial charge is 0.497 e. The van der Waals surface area contributed by atoms with Crippen molar-refractivity contribution in [2.45, 2.75) is 38.8 Å². The molecule has 30 heavy (non-hydrogen) atoms. The number of aliphatic imine (C=N–C) groups is 1. The summed E-state index contributed by atoms with van der Waals surface area (Å²) in [5, 5.41) is 7.01. The van der Waals surface area contributed by atoms with Crippen LogP contribution in [0.2, 0.25) is 0 Å². The first-order valence-electron chi connectivity index (χ1n) is 11.5. The summed E-state index contributed by atoms with van der Waals surface area (Å²) < 4.78 is 10.9. The Morgan fingerprint density at radius 3 is 2.60 bits per heavy atom. The van der Waals surface area contributed by atoms with Gasteiger partial charge in [0.1, 0.15) is 5.75 Å². The summed E-state index contributed by atoms with van der Waals surface area (Å²) >= 11 is 0. The van der Waals surface area contributed by atoms with Crippen LogP contribution in [0.4, 0.5) is 0 Å². The summed E-state index contributed by atoms with van der Waals surface area (Å²) in [5.74, 6) is 1.79. The SMILES string of the molecule is CCNC(=NCC(c1ccc(OC)cc1)N1CCOCC1)NCC1CCCN1CC. The van der Waals surface area contributed by atoms with Gasteiger partial charge in [-0.1, -0.05) is 19.1 Å². The second-order valence-corrected chi connectivity index (χ2v) is 7.96. The third-order valence-electron chi connectivity index (χ3n) is 6.16. The van der Waals surface area contributed by atoms with E-state index in [-0.39, 0.29) is 6.04 Å². The predicted molar refractivity (Wildman–Crippen MR) is 122 cm³/mol. The Morgan fingerprint density at radius 2 is 1.93 bits per heavy atom. The van der Waals surface area contributed by atoms with Crippen molar-refractivity contribution < 1.29 is 9.47 Å².